The first kappa shape index (κ1) is 31.8. The van der Waals surface area contributed by atoms with Crippen molar-refractivity contribution < 1.29 is 52.8 Å². The maximum atomic E-state index is 13.5. The Labute approximate surface area is 235 Å². The third-order valence-electron chi connectivity index (χ3n) is 6.64. The molecule has 0 spiro atoms. The molecule has 5 N–H and O–H groups in total. The van der Waals surface area contributed by atoms with Gasteiger partial charge in [-0.15, -0.1) is 11.3 Å². The minimum absolute atomic E-state index is 0.0652. The summed E-state index contributed by atoms with van der Waals surface area (Å²) in [4.78, 5) is 50.2. The minimum Gasteiger partial charge on any atom is -0.481 e. The van der Waals surface area contributed by atoms with Crippen LogP contribution in [0.3, 0.4) is 0 Å². The Bertz CT molecular complexity index is 1310. The summed E-state index contributed by atoms with van der Waals surface area (Å²) in [6.45, 7) is 5.95. The quantitative estimate of drug-likeness (QED) is 0.311. The number of carbonyl (C=O) groups is 4. The Morgan fingerprint density at radius 2 is 1.73 bits per heavy atom. The van der Waals surface area contributed by atoms with Crippen molar-refractivity contribution >= 4 is 41.0 Å². The molecule has 2 aromatic heterocycles. The summed E-state index contributed by atoms with van der Waals surface area (Å²) in [5, 5.41) is 42.0. The van der Waals surface area contributed by atoms with Gasteiger partial charge < -0.3 is 30.6 Å². The summed E-state index contributed by atoms with van der Waals surface area (Å²) in [6, 6.07) is -0.606. The zero-order valence-electron chi connectivity index (χ0n) is 22.3. The highest BCUT2D eigenvalue weighted by molar-refractivity contribution is 7.13. The van der Waals surface area contributed by atoms with E-state index in [2.05, 4.69) is 15.4 Å². The molecule has 2 aromatic rings. The van der Waals surface area contributed by atoms with Crippen LogP contribution in [0.25, 0.3) is 0 Å². The molecule has 0 radical (unpaired) electrons. The van der Waals surface area contributed by atoms with Crippen LogP contribution < -0.4 is 5.32 Å². The van der Waals surface area contributed by atoms with Crippen LogP contribution in [0.4, 0.5) is 19.0 Å². The first-order valence-electron chi connectivity index (χ1n) is 12.5. The number of alkyl halides is 3. The molecule has 226 valence electrons. The van der Waals surface area contributed by atoms with E-state index in [1.807, 2.05) is 6.92 Å². The SMILES string of the molecule is Cc1nc(C)c(C(=O)N2CCCC2c2cc3n(n2)[C@@H](C(F)(F)F)C[C@@H](C)N3)s1.O=C(O)CC(O)(CC(=O)O)C(=O)O. The fourth-order valence-corrected chi connectivity index (χ4v) is 5.71. The fourth-order valence-electron chi connectivity index (χ4n) is 4.83. The topological polar surface area (TPSA) is 195 Å². The number of halogens is 3. The number of hydrogen-bond acceptors (Lipinski definition) is 9. The molecule has 1 unspecified atom stereocenters. The van der Waals surface area contributed by atoms with Crippen LogP contribution in [-0.4, -0.2) is 88.3 Å². The van der Waals surface area contributed by atoms with Gasteiger partial charge in [-0.05, 0) is 40.0 Å². The maximum absolute atomic E-state index is 13.5. The molecule has 0 aromatic carbocycles. The Balaban J connectivity index is 0.000000302. The lowest BCUT2D eigenvalue weighted by molar-refractivity contribution is -0.173. The molecule has 3 atom stereocenters. The first-order chi connectivity index (χ1) is 18.9. The third-order valence-corrected chi connectivity index (χ3v) is 7.70. The van der Waals surface area contributed by atoms with Gasteiger partial charge in [0, 0.05) is 18.7 Å². The Morgan fingerprint density at radius 3 is 2.22 bits per heavy atom. The van der Waals surface area contributed by atoms with Crippen LogP contribution in [0, 0.1) is 13.8 Å². The van der Waals surface area contributed by atoms with E-state index in [1.165, 1.54) is 11.3 Å². The number of amides is 1. The highest BCUT2D eigenvalue weighted by Gasteiger charge is 2.46. The molecule has 0 bridgehead atoms. The number of nitrogens with zero attached hydrogens (tertiary/aromatic N) is 4. The summed E-state index contributed by atoms with van der Waals surface area (Å²) in [5.41, 5.74) is -1.54. The number of aromatic nitrogens is 3. The standard InChI is InChI=1S/C18H22F3N5OS.C6H8O7/c1-9-7-14(18(19,20)21)26-15(22-9)8-12(24-26)13-5-4-6-25(13)17(27)16-10(2)23-11(3)28-16;7-3(8)1-6(13,5(11)12)2-4(9)10/h8-9,13-14,22H,4-7H2,1-3H3;13H,1-2H2,(H,7,8)(H,9,10)(H,11,12)/t9-,13?,14-;/m1./s1. The molecule has 41 heavy (non-hydrogen) atoms. The van der Waals surface area contributed by atoms with Crippen LogP contribution in [0.1, 0.15) is 77.2 Å². The number of anilines is 1. The van der Waals surface area contributed by atoms with E-state index in [9.17, 15) is 32.3 Å². The van der Waals surface area contributed by atoms with Crippen molar-refractivity contribution in [3.05, 3.63) is 27.3 Å². The van der Waals surface area contributed by atoms with Gasteiger partial charge >= 0.3 is 24.1 Å². The normalized spacial score (nSPS) is 20.5. The number of carboxylic acids is 3. The number of hydrogen-bond donors (Lipinski definition) is 5. The molecule has 17 heteroatoms. The molecule has 0 saturated carbocycles. The van der Waals surface area contributed by atoms with Gasteiger partial charge in [-0.2, -0.15) is 18.3 Å². The summed E-state index contributed by atoms with van der Waals surface area (Å²) >= 11 is 1.35. The van der Waals surface area contributed by atoms with Crippen molar-refractivity contribution in [2.75, 3.05) is 11.9 Å². The molecule has 4 rings (SSSR count). The molecule has 13 nitrogen and oxygen atoms in total. The maximum Gasteiger partial charge on any atom is 0.410 e. The lowest BCUT2D eigenvalue weighted by atomic mass is 9.96. The number of nitrogens with one attached hydrogen (secondary N) is 1. The second kappa shape index (κ2) is 12.0. The van der Waals surface area contributed by atoms with Crippen LogP contribution >= 0.6 is 11.3 Å². The van der Waals surface area contributed by atoms with Crippen LogP contribution in [0.15, 0.2) is 6.07 Å². The highest BCUT2D eigenvalue weighted by Crippen LogP contribution is 2.42. The third kappa shape index (κ3) is 7.32. The molecule has 1 fully saturated rings. The van der Waals surface area contributed by atoms with E-state index >= 15 is 0 Å². The van der Waals surface area contributed by atoms with E-state index in [0.29, 0.717) is 35.0 Å². The Hall–Kier alpha value is -3.73. The molecule has 4 heterocycles. The van der Waals surface area contributed by atoms with Gasteiger partial charge in [0.25, 0.3) is 5.91 Å². The van der Waals surface area contributed by atoms with Crippen molar-refractivity contribution in [1.82, 2.24) is 19.7 Å². The number of carboxylic acid groups (broad SMARTS) is 3. The number of likely N-dealkylation sites (tertiary alicyclic amines) is 1. The van der Waals surface area contributed by atoms with E-state index in [1.54, 1.807) is 24.8 Å². The Morgan fingerprint density at radius 1 is 1.12 bits per heavy atom. The van der Waals surface area contributed by atoms with Gasteiger partial charge in [0.15, 0.2) is 11.6 Å². The number of aryl methyl sites for hydroxylation is 2. The molecular weight excluding hydrogens is 575 g/mol. The minimum atomic E-state index is -4.36. The summed E-state index contributed by atoms with van der Waals surface area (Å²) in [7, 11) is 0. The van der Waals surface area contributed by atoms with Crippen molar-refractivity contribution in [3.8, 4) is 0 Å². The number of rotatable bonds is 7. The highest BCUT2D eigenvalue weighted by atomic mass is 32.1. The predicted molar refractivity (Wildman–Crippen MR) is 137 cm³/mol. The Kier molecular flexibility index (Phi) is 9.32. The summed E-state index contributed by atoms with van der Waals surface area (Å²) < 4.78 is 41.5. The van der Waals surface area contributed by atoms with Gasteiger partial charge in [-0.3, -0.25) is 14.4 Å². The fraction of sp³-hybridized carbons (Fsp3) is 0.583. The molecule has 1 amide bonds. The van der Waals surface area contributed by atoms with Gasteiger partial charge in [0.2, 0.25) is 0 Å². The number of fused-ring (bicyclic) bond motifs is 1. The zero-order valence-corrected chi connectivity index (χ0v) is 23.1. The van der Waals surface area contributed by atoms with E-state index in [0.717, 1.165) is 16.1 Å². The van der Waals surface area contributed by atoms with Crippen molar-refractivity contribution in [3.63, 3.8) is 0 Å². The lowest BCUT2D eigenvalue weighted by Crippen LogP contribution is -2.42. The van der Waals surface area contributed by atoms with E-state index in [4.69, 9.17) is 20.4 Å². The number of aliphatic carboxylic acids is 3. The zero-order chi connectivity index (χ0) is 30.9. The first-order valence-corrected chi connectivity index (χ1v) is 13.3. The molecule has 0 aliphatic carbocycles. The largest absolute Gasteiger partial charge is 0.481 e. The van der Waals surface area contributed by atoms with Crippen molar-refractivity contribution in [1.29, 1.82) is 0 Å². The summed E-state index contributed by atoms with van der Waals surface area (Å²) in [5.74, 6) is -4.78. The monoisotopic (exact) mass is 605 g/mol. The second-order valence-electron chi connectivity index (χ2n) is 10.0. The smallest absolute Gasteiger partial charge is 0.410 e. The van der Waals surface area contributed by atoms with Gasteiger partial charge in [-0.25, -0.2) is 14.5 Å². The van der Waals surface area contributed by atoms with Crippen LogP contribution in [-0.2, 0) is 14.4 Å². The average Bonchev–Trinajstić information content (AvgIpc) is 3.54. The number of aliphatic hydroxyl groups is 1. The van der Waals surface area contributed by atoms with Crippen LogP contribution in [0.5, 0.6) is 0 Å². The predicted octanol–water partition coefficient (Wildman–Crippen LogP) is 2.99. The van der Waals surface area contributed by atoms with Gasteiger partial charge in [0.05, 0.1) is 35.3 Å². The molecular formula is C24H30F3N5O8S. The van der Waals surface area contributed by atoms with Crippen molar-refractivity contribution in [2.45, 2.75) is 82.8 Å². The van der Waals surface area contributed by atoms with Crippen LogP contribution in [0.2, 0.25) is 0 Å². The molecule has 1 saturated heterocycles. The molecule has 2 aliphatic rings. The van der Waals surface area contributed by atoms with E-state index in [-0.39, 0.29) is 24.4 Å². The van der Waals surface area contributed by atoms with Crippen molar-refractivity contribution in [2.24, 2.45) is 0 Å². The van der Waals surface area contributed by atoms with Gasteiger partial charge in [0.1, 0.15) is 10.7 Å². The summed E-state index contributed by atoms with van der Waals surface area (Å²) in [6.07, 6.45) is -5.24. The number of carbonyl (C=O) groups excluding carboxylic acids is 1. The number of thiazole rings is 1. The van der Waals surface area contributed by atoms with Gasteiger partial charge in [-0.1, -0.05) is 0 Å². The second-order valence-corrected chi connectivity index (χ2v) is 11.2. The van der Waals surface area contributed by atoms with E-state index < -0.39 is 48.6 Å². The molecule has 2 aliphatic heterocycles. The lowest BCUT2D eigenvalue weighted by Gasteiger charge is -2.31. The average molecular weight is 606 g/mol.